The van der Waals surface area contributed by atoms with E-state index in [9.17, 15) is 13.2 Å². The molecule has 1 fully saturated rings. The van der Waals surface area contributed by atoms with Crippen LogP contribution in [-0.4, -0.2) is 69.3 Å². The van der Waals surface area contributed by atoms with Crippen molar-refractivity contribution in [2.24, 2.45) is 0 Å². The summed E-state index contributed by atoms with van der Waals surface area (Å²) in [6.45, 7) is 7.36. The van der Waals surface area contributed by atoms with Crippen molar-refractivity contribution in [1.29, 1.82) is 0 Å². The van der Waals surface area contributed by atoms with Crippen LogP contribution in [-0.2, 0) is 6.18 Å². The molecule has 10 nitrogen and oxygen atoms in total. The zero-order valence-corrected chi connectivity index (χ0v) is 26.4. The summed E-state index contributed by atoms with van der Waals surface area (Å²) in [5.74, 6) is 1.76. The van der Waals surface area contributed by atoms with E-state index in [1.165, 1.54) is 13.1 Å². The number of aromatic nitrogens is 6. The lowest BCUT2D eigenvalue weighted by Gasteiger charge is -2.29. The first-order chi connectivity index (χ1) is 22.7. The van der Waals surface area contributed by atoms with E-state index in [1.54, 1.807) is 24.3 Å². The van der Waals surface area contributed by atoms with Crippen LogP contribution in [0.25, 0.3) is 38.6 Å². The molecule has 242 valence electrons. The highest BCUT2D eigenvalue weighted by Crippen LogP contribution is 2.40. The van der Waals surface area contributed by atoms with Gasteiger partial charge in [0.05, 0.1) is 35.7 Å². The van der Waals surface area contributed by atoms with E-state index in [0.29, 0.717) is 29.0 Å². The second-order valence-electron chi connectivity index (χ2n) is 11.4. The van der Waals surface area contributed by atoms with Gasteiger partial charge in [-0.3, -0.25) is 5.10 Å². The number of nitrogens with one attached hydrogen (secondary N) is 3. The van der Waals surface area contributed by atoms with Crippen LogP contribution in [0.15, 0.2) is 60.9 Å². The Balaban J connectivity index is 1.12. The average Bonchev–Trinajstić information content (AvgIpc) is 3.70. The summed E-state index contributed by atoms with van der Waals surface area (Å²) in [7, 11) is 0. The quantitative estimate of drug-likeness (QED) is 0.158. The van der Waals surface area contributed by atoms with Gasteiger partial charge in [0.1, 0.15) is 18.2 Å². The molecule has 7 rings (SSSR count). The lowest BCUT2D eigenvalue weighted by Crippen LogP contribution is -2.44. The van der Waals surface area contributed by atoms with Crippen molar-refractivity contribution in [3.63, 3.8) is 0 Å². The van der Waals surface area contributed by atoms with Crippen molar-refractivity contribution in [3.05, 3.63) is 82.8 Å². The summed E-state index contributed by atoms with van der Waals surface area (Å²) in [4.78, 5) is 12.0. The Hall–Kier alpha value is -4.88. The molecule has 0 spiro atoms. The highest BCUT2D eigenvalue weighted by Gasteiger charge is 2.37. The second kappa shape index (κ2) is 12.4. The Labute approximate surface area is 272 Å². The number of hydrogen-bond donors (Lipinski definition) is 3. The minimum absolute atomic E-state index is 0.0599. The number of aromatic amines is 1. The normalized spacial score (nSPS) is 13.9. The Morgan fingerprint density at radius 1 is 0.957 bits per heavy atom. The third-order valence-electron chi connectivity index (χ3n) is 8.24. The Morgan fingerprint density at radius 2 is 1.74 bits per heavy atom. The van der Waals surface area contributed by atoms with Gasteiger partial charge in [-0.15, -0.1) is 0 Å². The molecule has 3 N–H and O–H groups in total. The molecule has 3 aromatic carbocycles. The zero-order valence-electron chi connectivity index (χ0n) is 25.6. The smallest absolute Gasteiger partial charge is 0.433 e. The molecule has 0 atom stereocenters. The Bertz CT molecular complexity index is 2070. The summed E-state index contributed by atoms with van der Waals surface area (Å²) in [5, 5.41) is 20.3. The summed E-state index contributed by atoms with van der Waals surface area (Å²) in [6.07, 6.45) is -1.50. The fourth-order valence-electron chi connectivity index (χ4n) is 5.99. The summed E-state index contributed by atoms with van der Waals surface area (Å²) in [5.41, 5.74) is 4.15. The molecule has 0 amide bonds. The zero-order chi connectivity index (χ0) is 32.7. The molecule has 0 saturated carbocycles. The number of halogens is 4. The van der Waals surface area contributed by atoms with Crippen molar-refractivity contribution in [1.82, 2.24) is 35.3 Å². The van der Waals surface area contributed by atoms with Crippen molar-refractivity contribution >= 4 is 45.2 Å². The Kier molecular flexibility index (Phi) is 8.10. The van der Waals surface area contributed by atoms with E-state index in [-0.39, 0.29) is 12.2 Å². The van der Waals surface area contributed by atoms with Gasteiger partial charge in [-0.1, -0.05) is 17.7 Å². The van der Waals surface area contributed by atoms with E-state index >= 15 is 0 Å². The van der Waals surface area contributed by atoms with Crippen LogP contribution in [0.5, 0.6) is 5.75 Å². The second-order valence-corrected chi connectivity index (χ2v) is 11.8. The van der Waals surface area contributed by atoms with Crippen LogP contribution < -0.4 is 20.3 Å². The monoisotopic (exact) mass is 661 g/mol. The third-order valence-corrected chi connectivity index (χ3v) is 8.55. The first kappa shape index (κ1) is 30.8. The van der Waals surface area contributed by atoms with Crippen molar-refractivity contribution < 1.29 is 17.9 Å². The van der Waals surface area contributed by atoms with Gasteiger partial charge in [0.2, 0.25) is 5.95 Å². The van der Waals surface area contributed by atoms with Crippen molar-refractivity contribution in [2.45, 2.75) is 20.0 Å². The molecule has 0 radical (unpaired) electrons. The number of alkyl halides is 3. The number of aryl methyl sites for hydroxylation is 2. The molecule has 0 bridgehead atoms. The highest BCUT2D eigenvalue weighted by molar-refractivity contribution is 6.35. The molecule has 6 aromatic rings. The van der Waals surface area contributed by atoms with Crippen LogP contribution in [0.1, 0.15) is 16.8 Å². The van der Waals surface area contributed by atoms with Gasteiger partial charge in [0.25, 0.3) is 0 Å². The molecule has 4 heterocycles. The standard InChI is InChI=1S/C33H31ClF3N9O/c1-19-3-8-27-25(18-40-44-27)29(19)23-16-28-24(15-26(23)34)31(45-12-9-38-10-13-45)43-32(42-28)39-11-14-47-22-6-4-21(5-7-22)46-30(33(35,36)37)20(2)17-41-46/h3-8,15-18,38H,9-14H2,1-2H3,(H,40,44)(H,39,42,43). The van der Waals surface area contributed by atoms with Crippen LogP contribution >= 0.6 is 11.6 Å². The number of ether oxygens (including phenoxy) is 1. The molecule has 3 aromatic heterocycles. The van der Waals surface area contributed by atoms with E-state index < -0.39 is 11.9 Å². The lowest BCUT2D eigenvalue weighted by molar-refractivity contribution is -0.143. The minimum atomic E-state index is -4.52. The van der Waals surface area contributed by atoms with Crippen LogP contribution in [0.4, 0.5) is 24.9 Å². The van der Waals surface area contributed by atoms with E-state index in [0.717, 1.165) is 75.2 Å². The number of anilines is 2. The molecular formula is C33H31ClF3N9O. The molecule has 1 aliphatic heterocycles. The van der Waals surface area contributed by atoms with Gasteiger partial charge < -0.3 is 20.3 Å². The molecule has 1 saturated heterocycles. The summed E-state index contributed by atoms with van der Waals surface area (Å²) >= 11 is 6.96. The molecule has 1 aliphatic rings. The third kappa shape index (κ3) is 6.03. The number of rotatable bonds is 8. The van der Waals surface area contributed by atoms with Gasteiger partial charge in [0, 0.05) is 47.5 Å². The van der Waals surface area contributed by atoms with Gasteiger partial charge in [0.15, 0.2) is 5.69 Å². The number of piperazine rings is 1. The molecular weight excluding hydrogens is 631 g/mol. The fourth-order valence-corrected chi connectivity index (χ4v) is 6.25. The van der Waals surface area contributed by atoms with Gasteiger partial charge >= 0.3 is 6.18 Å². The maximum absolute atomic E-state index is 13.5. The van der Waals surface area contributed by atoms with Gasteiger partial charge in [-0.2, -0.15) is 28.4 Å². The first-order valence-electron chi connectivity index (χ1n) is 15.2. The predicted molar refractivity (Wildman–Crippen MR) is 177 cm³/mol. The summed E-state index contributed by atoms with van der Waals surface area (Å²) < 4.78 is 47.4. The number of H-pyrrole nitrogens is 1. The SMILES string of the molecule is Cc1ccc2[nH]ncc2c1-c1cc2nc(NCCOc3ccc(-n4ncc(C)c4C(F)(F)F)cc3)nc(N3CCNCC3)c2cc1Cl. The molecule has 0 unspecified atom stereocenters. The number of nitrogens with zero attached hydrogens (tertiary/aromatic N) is 6. The highest BCUT2D eigenvalue weighted by atomic mass is 35.5. The van der Waals surface area contributed by atoms with Crippen LogP contribution in [0.2, 0.25) is 5.02 Å². The maximum atomic E-state index is 13.5. The topological polar surface area (TPSA) is 109 Å². The number of fused-ring (bicyclic) bond motifs is 2. The average molecular weight is 662 g/mol. The number of benzene rings is 3. The van der Waals surface area contributed by atoms with E-state index in [1.807, 2.05) is 37.4 Å². The fraction of sp³-hybridized carbons (Fsp3) is 0.273. The van der Waals surface area contributed by atoms with E-state index in [4.69, 9.17) is 26.3 Å². The van der Waals surface area contributed by atoms with Gasteiger partial charge in [-0.05, 0) is 73.0 Å². The van der Waals surface area contributed by atoms with E-state index in [2.05, 4.69) is 30.8 Å². The predicted octanol–water partition coefficient (Wildman–Crippen LogP) is 6.55. The first-order valence-corrected chi connectivity index (χ1v) is 15.5. The van der Waals surface area contributed by atoms with Gasteiger partial charge in [-0.25, -0.2) is 9.67 Å². The molecule has 47 heavy (non-hydrogen) atoms. The molecule has 14 heteroatoms. The largest absolute Gasteiger partial charge is 0.492 e. The van der Waals surface area contributed by atoms with Crippen LogP contribution in [0, 0.1) is 13.8 Å². The van der Waals surface area contributed by atoms with Crippen LogP contribution in [0.3, 0.4) is 0 Å². The molecule has 0 aliphatic carbocycles. The maximum Gasteiger partial charge on any atom is 0.433 e. The minimum Gasteiger partial charge on any atom is -0.492 e. The number of hydrogen-bond acceptors (Lipinski definition) is 8. The summed E-state index contributed by atoms with van der Waals surface area (Å²) in [6, 6.07) is 14.3. The Morgan fingerprint density at radius 3 is 2.51 bits per heavy atom. The lowest BCUT2D eigenvalue weighted by atomic mass is 9.96. The van der Waals surface area contributed by atoms with Crippen molar-refractivity contribution in [3.8, 4) is 22.6 Å². The van der Waals surface area contributed by atoms with Crippen molar-refractivity contribution in [2.75, 3.05) is 49.5 Å².